The quantitative estimate of drug-likeness (QED) is 0.725. The second-order valence-electron chi connectivity index (χ2n) is 5.38. The minimum atomic E-state index is -0.736. The van der Waals surface area contributed by atoms with Crippen molar-refractivity contribution < 1.29 is 14.4 Å². The summed E-state index contributed by atoms with van der Waals surface area (Å²) < 4.78 is 1.05. The number of imide groups is 1. The van der Waals surface area contributed by atoms with Gasteiger partial charge in [-0.05, 0) is 30.3 Å². The van der Waals surface area contributed by atoms with Crippen molar-refractivity contribution in [3.63, 3.8) is 0 Å². The molecular weight excluding hydrogens is 308 g/mol. The van der Waals surface area contributed by atoms with E-state index in [2.05, 4.69) is 11.2 Å². The van der Waals surface area contributed by atoms with E-state index < -0.39 is 6.03 Å². The molecule has 0 unspecified atom stereocenters. The Morgan fingerprint density at radius 3 is 2.42 bits per heavy atom. The van der Waals surface area contributed by atoms with Crippen molar-refractivity contribution in [2.24, 2.45) is 5.73 Å². The van der Waals surface area contributed by atoms with E-state index in [9.17, 15) is 14.4 Å². The molecule has 7 nitrogen and oxygen atoms in total. The molecule has 3 amide bonds. The third-order valence-electron chi connectivity index (χ3n) is 4.00. The molecule has 1 aliphatic heterocycles. The molecule has 1 aromatic heterocycles. The lowest BCUT2D eigenvalue weighted by Gasteiger charge is -2.12. The first-order chi connectivity index (χ1) is 11.6. The van der Waals surface area contributed by atoms with E-state index in [1.54, 1.807) is 42.5 Å². The van der Waals surface area contributed by atoms with Crippen LogP contribution in [0.15, 0.2) is 42.5 Å². The van der Waals surface area contributed by atoms with Gasteiger partial charge in [0, 0.05) is 5.39 Å². The highest BCUT2D eigenvalue weighted by Crippen LogP contribution is 2.26. The second-order valence-corrected chi connectivity index (χ2v) is 5.38. The van der Waals surface area contributed by atoms with E-state index in [1.165, 1.54) is 0 Å². The first-order valence-corrected chi connectivity index (χ1v) is 7.20. The Morgan fingerprint density at radius 1 is 1.12 bits per heavy atom. The maximum Gasteiger partial charge on any atom is 0.340 e. The summed E-state index contributed by atoms with van der Waals surface area (Å²) in [6, 6.07) is 13.7. The average molecular weight is 319 g/mol. The summed E-state index contributed by atoms with van der Waals surface area (Å²) in [5.41, 5.74) is 6.98. The van der Waals surface area contributed by atoms with E-state index in [4.69, 9.17) is 5.73 Å². The summed E-state index contributed by atoms with van der Waals surface area (Å²) in [5, 5.41) is 4.78. The van der Waals surface area contributed by atoms with Crippen LogP contribution in [0, 0.1) is 6.07 Å². The molecule has 0 saturated carbocycles. The van der Waals surface area contributed by atoms with Gasteiger partial charge in [0.25, 0.3) is 11.8 Å². The van der Waals surface area contributed by atoms with Gasteiger partial charge in [0.1, 0.15) is 0 Å². The van der Waals surface area contributed by atoms with Crippen molar-refractivity contribution in [2.75, 3.05) is 0 Å². The fourth-order valence-corrected chi connectivity index (χ4v) is 2.88. The van der Waals surface area contributed by atoms with Gasteiger partial charge in [-0.3, -0.25) is 14.5 Å². The maximum atomic E-state index is 12.5. The Kier molecular flexibility index (Phi) is 2.96. The molecular formula is C17H11N4O3. The fourth-order valence-electron chi connectivity index (χ4n) is 2.88. The summed E-state index contributed by atoms with van der Waals surface area (Å²) in [6.45, 7) is -0.0407. The lowest BCUT2D eigenvalue weighted by molar-refractivity contribution is 0.0641. The van der Waals surface area contributed by atoms with Gasteiger partial charge >= 0.3 is 6.03 Å². The molecule has 117 valence electrons. The average Bonchev–Trinajstić information content (AvgIpc) is 3.07. The van der Waals surface area contributed by atoms with Crippen molar-refractivity contribution in [3.05, 3.63) is 65.4 Å². The van der Waals surface area contributed by atoms with Crippen LogP contribution in [-0.4, -0.2) is 32.5 Å². The largest absolute Gasteiger partial charge is 0.350 e. The monoisotopic (exact) mass is 319 g/mol. The Bertz CT molecular complexity index is 987. The van der Waals surface area contributed by atoms with Crippen LogP contribution in [0.2, 0.25) is 0 Å². The number of benzene rings is 2. The van der Waals surface area contributed by atoms with Crippen LogP contribution in [0.1, 0.15) is 26.4 Å². The highest BCUT2D eigenvalue weighted by molar-refractivity contribution is 6.21. The van der Waals surface area contributed by atoms with Crippen LogP contribution in [0.5, 0.6) is 0 Å². The molecule has 2 aromatic carbocycles. The van der Waals surface area contributed by atoms with Crippen LogP contribution in [0.4, 0.5) is 4.79 Å². The van der Waals surface area contributed by atoms with Crippen molar-refractivity contribution in [2.45, 2.75) is 6.54 Å². The first kappa shape index (κ1) is 14.1. The zero-order valence-corrected chi connectivity index (χ0v) is 12.4. The Hall–Kier alpha value is -3.48. The molecule has 24 heavy (non-hydrogen) atoms. The number of aromatic nitrogens is 2. The van der Waals surface area contributed by atoms with Gasteiger partial charge < -0.3 is 5.73 Å². The SMILES string of the molecule is NC(=O)n1nc(CN2C(=O)c3ccccc3C2=O)c2c[c]ccc21. The van der Waals surface area contributed by atoms with Crippen LogP contribution < -0.4 is 5.73 Å². The third kappa shape index (κ3) is 1.91. The van der Waals surface area contributed by atoms with Crippen molar-refractivity contribution in [1.82, 2.24) is 14.7 Å². The fraction of sp³-hybridized carbons (Fsp3) is 0.0588. The summed E-state index contributed by atoms with van der Waals surface area (Å²) in [6.07, 6.45) is 0. The molecule has 2 N–H and O–H groups in total. The lowest BCUT2D eigenvalue weighted by Crippen LogP contribution is -2.29. The molecule has 0 aliphatic carbocycles. The van der Waals surface area contributed by atoms with Crippen LogP contribution in [0.3, 0.4) is 0 Å². The first-order valence-electron chi connectivity index (χ1n) is 7.20. The van der Waals surface area contributed by atoms with Crippen LogP contribution in [-0.2, 0) is 6.54 Å². The summed E-state index contributed by atoms with van der Waals surface area (Å²) in [7, 11) is 0. The van der Waals surface area contributed by atoms with E-state index in [0.717, 1.165) is 9.58 Å². The van der Waals surface area contributed by atoms with Crippen molar-refractivity contribution >= 4 is 28.7 Å². The number of hydrogen-bond acceptors (Lipinski definition) is 4. The van der Waals surface area contributed by atoms with Gasteiger partial charge in [-0.15, -0.1) is 0 Å². The number of rotatable bonds is 2. The van der Waals surface area contributed by atoms with Crippen LogP contribution >= 0.6 is 0 Å². The molecule has 4 rings (SSSR count). The zero-order chi connectivity index (χ0) is 16.8. The molecule has 0 atom stereocenters. The normalized spacial score (nSPS) is 13.6. The van der Waals surface area contributed by atoms with E-state index in [-0.39, 0.29) is 18.4 Å². The van der Waals surface area contributed by atoms with E-state index >= 15 is 0 Å². The number of carbonyl (C=O) groups excluding carboxylic acids is 3. The number of amides is 3. The second kappa shape index (κ2) is 5.02. The molecule has 1 aliphatic rings. The van der Waals surface area contributed by atoms with Gasteiger partial charge in [0.15, 0.2) is 0 Å². The van der Waals surface area contributed by atoms with Gasteiger partial charge in [0.05, 0.1) is 28.9 Å². The highest BCUT2D eigenvalue weighted by Gasteiger charge is 2.36. The van der Waals surface area contributed by atoms with E-state index in [0.29, 0.717) is 27.7 Å². The molecule has 0 bridgehead atoms. The summed E-state index contributed by atoms with van der Waals surface area (Å²) >= 11 is 0. The number of nitrogens with zero attached hydrogens (tertiary/aromatic N) is 3. The summed E-state index contributed by atoms with van der Waals surface area (Å²) in [4.78, 5) is 37.6. The highest BCUT2D eigenvalue weighted by atomic mass is 16.2. The smallest absolute Gasteiger partial charge is 0.340 e. The zero-order valence-electron chi connectivity index (χ0n) is 12.4. The molecule has 0 spiro atoms. The number of hydrogen-bond donors (Lipinski definition) is 1. The van der Waals surface area contributed by atoms with Gasteiger partial charge in [-0.2, -0.15) is 9.78 Å². The number of fused-ring (bicyclic) bond motifs is 2. The molecule has 3 aromatic rings. The van der Waals surface area contributed by atoms with Gasteiger partial charge in [0.2, 0.25) is 0 Å². The lowest BCUT2D eigenvalue weighted by atomic mass is 10.1. The van der Waals surface area contributed by atoms with Gasteiger partial charge in [-0.1, -0.05) is 18.2 Å². The standard InChI is InChI=1S/C17H11N4O3/c18-17(24)21-14-8-4-3-7-12(14)13(19-21)9-20-15(22)10-5-1-2-6-11(10)16(20)23/h1-2,4-8H,9H2,(H2,18,24). The molecule has 0 saturated heterocycles. The summed E-state index contributed by atoms with van der Waals surface area (Å²) in [5.74, 6) is -0.755. The maximum absolute atomic E-state index is 12.5. The molecule has 0 fully saturated rings. The number of primary amides is 1. The Morgan fingerprint density at radius 2 is 1.79 bits per heavy atom. The molecule has 2 heterocycles. The van der Waals surface area contributed by atoms with Gasteiger partial charge in [-0.25, -0.2) is 4.79 Å². The van der Waals surface area contributed by atoms with Crippen LogP contribution in [0.25, 0.3) is 10.9 Å². The Balaban J connectivity index is 1.78. The molecule has 7 heteroatoms. The number of carbonyl (C=O) groups is 3. The minimum absolute atomic E-state index is 0.0407. The topological polar surface area (TPSA) is 98.3 Å². The van der Waals surface area contributed by atoms with Crippen molar-refractivity contribution in [3.8, 4) is 0 Å². The van der Waals surface area contributed by atoms with E-state index in [1.807, 2.05) is 0 Å². The Labute approximate surface area is 136 Å². The molecule has 1 radical (unpaired) electrons. The predicted molar refractivity (Wildman–Crippen MR) is 84.2 cm³/mol. The number of nitrogens with two attached hydrogens (primary N) is 1. The third-order valence-corrected chi connectivity index (χ3v) is 4.00. The predicted octanol–water partition coefficient (Wildman–Crippen LogP) is 1.56. The minimum Gasteiger partial charge on any atom is -0.350 e. The van der Waals surface area contributed by atoms with Crippen molar-refractivity contribution in [1.29, 1.82) is 0 Å².